The van der Waals surface area contributed by atoms with Gasteiger partial charge >= 0.3 is 0 Å². The van der Waals surface area contributed by atoms with E-state index in [0.717, 1.165) is 12.5 Å². The molecule has 2 aliphatic rings. The van der Waals surface area contributed by atoms with Crippen LogP contribution in [-0.2, 0) is 13.0 Å². The van der Waals surface area contributed by atoms with Gasteiger partial charge in [0.1, 0.15) is 0 Å². The standard InChI is InChI=1S/C12H15N/c1-8-11-6-5-9-3-2-4-10(7-13-8)12(9)11/h2-4,8,11,13H,5-7H2,1H3. The van der Waals surface area contributed by atoms with E-state index in [1.807, 2.05) is 0 Å². The highest BCUT2D eigenvalue weighted by Gasteiger charge is 2.31. The summed E-state index contributed by atoms with van der Waals surface area (Å²) in [7, 11) is 0. The number of aryl methyl sites for hydroxylation is 1. The van der Waals surface area contributed by atoms with Gasteiger partial charge < -0.3 is 5.32 Å². The van der Waals surface area contributed by atoms with Crippen molar-refractivity contribution in [3.8, 4) is 0 Å². The molecule has 2 atom stereocenters. The van der Waals surface area contributed by atoms with E-state index >= 15 is 0 Å². The molecule has 0 spiro atoms. The lowest BCUT2D eigenvalue weighted by molar-refractivity contribution is 0.429. The van der Waals surface area contributed by atoms with Crippen molar-refractivity contribution in [1.82, 2.24) is 5.32 Å². The molecule has 0 bridgehead atoms. The van der Waals surface area contributed by atoms with E-state index in [1.165, 1.54) is 18.4 Å². The average molecular weight is 173 g/mol. The lowest BCUT2D eigenvalue weighted by Crippen LogP contribution is -2.35. The Morgan fingerprint density at radius 1 is 1.31 bits per heavy atom. The first-order valence-corrected chi connectivity index (χ1v) is 5.20. The van der Waals surface area contributed by atoms with Crippen molar-refractivity contribution >= 4 is 0 Å². The molecule has 1 nitrogen and oxygen atoms in total. The maximum absolute atomic E-state index is 3.57. The average Bonchev–Trinajstić information content (AvgIpc) is 2.57. The molecule has 3 rings (SSSR count). The van der Waals surface area contributed by atoms with E-state index in [0.29, 0.717) is 6.04 Å². The van der Waals surface area contributed by atoms with Crippen LogP contribution in [0.15, 0.2) is 18.2 Å². The van der Waals surface area contributed by atoms with Gasteiger partial charge in [0.25, 0.3) is 0 Å². The fraction of sp³-hybridized carbons (Fsp3) is 0.500. The summed E-state index contributed by atoms with van der Waals surface area (Å²) in [6, 6.07) is 7.46. The fourth-order valence-electron chi connectivity index (χ4n) is 2.88. The summed E-state index contributed by atoms with van der Waals surface area (Å²) in [5.41, 5.74) is 4.82. The van der Waals surface area contributed by atoms with Crippen LogP contribution in [0.5, 0.6) is 0 Å². The van der Waals surface area contributed by atoms with Gasteiger partial charge in [-0.05, 0) is 42.4 Å². The maximum atomic E-state index is 3.57. The van der Waals surface area contributed by atoms with Crippen molar-refractivity contribution in [3.05, 3.63) is 34.9 Å². The highest BCUT2D eigenvalue weighted by Crippen LogP contribution is 2.39. The Morgan fingerprint density at radius 2 is 2.15 bits per heavy atom. The predicted molar refractivity (Wildman–Crippen MR) is 53.8 cm³/mol. The van der Waals surface area contributed by atoms with E-state index in [9.17, 15) is 0 Å². The first-order valence-electron chi connectivity index (χ1n) is 5.20. The second kappa shape index (κ2) is 2.58. The highest BCUT2D eigenvalue weighted by molar-refractivity contribution is 5.44. The Morgan fingerprint density at radius 3 is 3.08 bits per heavy atom. The quantitative estimate of drug-likeness (QED) is 0.634. The molecule has 13 heavy (non-hydrogen) atoms. The normalized spacial score (nSPS) is 30.2. The Hall–Kier alpha value is -0.820. The summed E-state index contributed by atoms with van der Waals surface area (Å²) in [5, 5.41) is 3.57. The molecule has 1 N–H and O–H groups in total. The van der Waals surface area contributed by atoms with Crippen LogP contribution in [-0.4, -0.2) is 6.04 Å². The Labute approximate surface area is 79.2 Å². The van der Waals surface area contributed by atoms with Crippen LogP contribution in [0.2, 0.25) is 0 Å². The second-order valence-corrected chi connectivity index (χ2v) is 4.30. The molecule has 1 heterocycles. The number of benzene rings is 1. The molecule has 1 aromatic rings. The minimum atomic E-state index is 0.677. The van der Waals surface area contributed by atoms with Crippen molar-refractivity contribution < 1.29 is 0 Å². The van der Waals surface area contributed by atoms with Crippen molar-refractivity contribution in [2.45, 2.75) is 38.3 Å². The molecule has 1 heteroatoms. The number of hydrogen-bond acceptors (Lipinski definition) is 1. The molecule has 0 radical (unpaired) electrons. The summed E-state index contributed by atoms with van der Waals surface area (Å²) in [6.45, 7) is 3.39. The van der Waals surface area contributed by atoms with Crippen LogP contribution in [0, 0.1) is 0 Å². The summed E-state index contributed by atoms with van der Waals surface area (Å²) in [4.78, 5) is 0. The van der Waals surface area contributed by atoms with Gasteiger partial charge in [-0.2, -0.15) is 0 Å². The van der Waals surface area contributed by atoms with Crippen LogP contribution in [0.1, 0.15) is 36.0 Å². The van der Waals surface area contributed by atoms with Gasteiger partial charge in [-0.3, -0.25) is 0 Å². The smallest absolute Gasteiger partial charge is 0.0211 e. The molecular formula is C12H15N. The van der Waals surface area contributed by atoms with E-state index in [4.69, 9.17) is 0 Å². The fourth-order valence-corrected chi connectivity index (χ4v) is 2.88. The zero-order chi connectivity index (χ0) is 8.84. The number of nitrogens with one attached hydrogen (secondary N) is 1. The molecule has 0 saturated carbocycles. The van der Waals surface area contributed by atoms with E-state index in [2.05, 4.69) is 30.4 Å². The maximum Gasteiger partial charge on any atom is 0.0211 e. The molecule has 0 amide bonds. The van der Waals surface area contributed by atoms with Crippen LogP contribution in [0.4, 0.5) is 0 Å². The summed E-state index contributed by atoms with van der Waals surface area (Å²) in [6.07, 6.45) is 2.64. The Balaban J connectivity index is 2.19. The summed E-state index contributed by atoms with van der Waals surface area (Å²) in [5.74, 6) is 0.792. The zero-order valence-corrected chi connectivity index (χ0v) is 8.01. The molecule has 2 unspecified atom stereocenters. The topological polar surface area (TPSA) is 12.0 Å². The first-order chi connectivity index (χ1) is 6.36. The Bertz CT molecular complexity index is 343. The largest absolute Gasteiger partial charge is 0.310 e. The molecule has 0 fully saturated rings. The third-order valence-electron chi connectivity index (χ3n) is 3.60. The monoisotopic (exact) mass is 173 g/mol. The lowest BCUT2D eigenvalue weighted by atomic mass is 9.87. The zero-order valence-electron chi connectivity index (χ0n) is 8.01. The lowest BCUT2D eigenvalue weighted by Gasteiger charge is -2.29. The van der Waals surface area contributed by atoms with E-state index < -0.39 is 0 Å². The van der Waals surface area contributed by atoms with Crippen LogP contribution in [0.25, 0.3) is 0 Å². The minimum Gasteiger partial charge on any atom is -0.310 e. The second-order valence-electron chi connectivity index (χ2n) is 4.30. The minimum absolute atomic E-state index is 0.677. The third-order valence-corrected chi connectivity index (χ3v) is 3.60. The van der Waals surface area contributed by atoms with Gasteiger partial charge in [0.15, 0.2) is 0 Å². The SMILES string of the molecule is CC1NCc2cccc3c2C1CC3. The van der Waals surface area contributed by atoms with Gasteiger partial charge in [0, 0.05) is 12.6 Å². The van der Waals surface area contributed by atoms with Gasteiger partial charge in [-0.25, -0.2) is 0 Å². The summed E-state index contributed by atoms with van der Waals surface area (Å²) >= 11 is 0. The van der Waals surface area contributed by atoms with Gasteiger partial charge in [-0.15, -0.1) is 0 Å². The van der Waals surface area contributed by atoms with Gasteiger partial charge in [0.05, 0.1) is 0 Å². The third kappa shape index (κ3) is 0.969. The van der Waals surface area contributed by atoms with E-state index in [1.54, 1.807) is 11.1 Å². The molecule has 1 aliphatic heterocycles. The van der Waals surface area contributed by atoms with E-state index in [-0.39, 0.29) is 0 Å². The molecule has 1 aliphatic carbocycles. The molecule has 0 aromatic heterocycles. The number of rotatable bonds is 0. The molecule has 1 aromatic carbocycles. The molecule has 68 valence electrons. The van der Waals surface area contributed by atoms with Crippen LogP contribution in [0.3, 0.4) is 0 Å². The van der Waals surface area contributed by atoms with Crippen molar-refractivity contribution in [2.75, 3.05) is 0 Å². The van der Waals surface area contributed by atoms with Crippen molar-refractivity contribution in [1.29, 1.82) is 0 Å². The van der Waals surface area contributed by atoms with Crippen molar-refractivity contribution in [3.63, 3.8) is 0 Å². The van der Waals surface area contributed by atoms with Gasteiger partial charge in [-0.1, -0.05) is 18.2 Å². The predicted octanol–water partition coefficient (Wildman–Crippen LogP) is 2.21. The number of hydrogen-bond donors (Lipinski definition) is 1. The van der Waals surface area contributed by atoms with Crippen molar-refractivity contribution in [2.24, 2.45) is 0 Å². The Kier molecular flexibility index (Phi) is 1.50. The molecular weight excluding hydrogens is 158 g/mol. The highest BCUT2D eigenvalue weighted by atomic mass is 14.9. The summed E-state index contributed by atoms with van der Waals surface area (Å²) < 4.78 is 0. The molecule has 0 saturated heterocycles. The van der Waals surface area contributed by atoms with Gasteiger partial charge in [0.2, 0.25) is 0 Å². The first kappa shape index (κ1) is 7.57. The van der Waals surface area contributed by atoms with Crippen LogP contribution < -0.4 is 5.32 Å². The van der Waals surface area contributed by atoms with Crippen LogP contribution >= 0.6 is 0 Å².